The fraction of sp³-hybridized carbons (Fsp3) is 0.286. The molecule has 0 aromatic carbocycles. The van der Waals surface area contributed by atoms with Gasteiger partial charge in [0.05, 0.1) is 5.56 Å². The average molecular weight is 176 g/mol. The Labute approximate surface area is 67.2 Å². The van der Waals surface area contributed by atoms with Gasteiger partial charge in [0, 0.05) is 23.6 Å². The molecule has 2 N–H and O–H groups in total. The van der Waals surface area contributed by atoms with Crippen LogP contribution >= 0.6 is 0 Å². The number of hydrogen-bond donors (Lipinski definition) is 1. The molecular formula is C7H7F3N2. The normalized spacial score (nSPS) is 10.7. The molecule has 5 heteroatoms. The van der Waals surface area contributed by atoms with Crippen molar-refractivity contribution in [1.29, 1.82) is 0 Å². The molecule has 66 valence electrons. The van der Waals surface area contributed by atoms with E-state index in [-0.39, 0.29) is 11.3 Å². The number of nitrogens with zero attached hydrogens (tertiary/aromatic N) is 1. The number of hydrogen-bond acceptors (Lipinski definition) is 2. The molecule has 1 aromatic rings. The maximum absolute atomic E-state index is 12.1. The first-order valence-corrected chi connectivity index (χ1v) is 3.23. The van der Waals surface area contributed by atoms with Gasteiger partial charge < -0.3 is 5.73 Å². The predicted octanol–water partition coefficient (Wildman–Crippen LogP) is 2.07. The van der Waals surface area contributed by atoms with Gasteiger partial charge in [-0.2, -0.15) is 0 Å². The highest BCUT2D eigenvalue weighted by atomic mass is 19.3. The van der Waals surface area contributed by atoms with Crippen LogP contribution in [0.3, 0.4) is 0 Å². The van der Waals surface area contributed by atoms with Gasteiger partial charge in [-0.15, -0.1) is 0 Å². The molecule has 0 aliphatic carbocycles. The monoisotopic (exact) mass is 176 g/mol. The number of alkyl halides is 3. The summed E-state index contributed by atoms with van der Waals surface area (Å²) in [6.45, 7) is -0.876. The summed E-state index contributed by atoms with van der Waals surface area (Å²) in [6, 6.07) is 0. The minimum atomic E-state index is -2.70. The van der Waals surface area contributed by atoms with E-state index in [2.05, 4.69) is 4.98 Å². The topological polar surface area (TPSA) is 38.9 Å². The number of pyridine rings is 1. The summed E-state index contributed by atoms with van der Waals surface area (Å²) in [7, 11) is 0. The van der Waals surface area contributed by atoms with E-state index in [0.29, 0.717) is 0 Å². The molecule has 12 heavy (non-hydrogen) atoms. The largest absolute Gasteiger partial charge is 0.398 e. The van der Waals surface area contributed by atoms with E-state index in [9.17, 15) is 13.2 Å². The first-order chi connectivity index (χ1) is 5.66. The Morgan fingerprint density at radius 3 is 2.58 bits per heavy atom. The van der Waals surface area contributed by atoms with Crippen LogP contribution in [0.4, 0.5) is 18.9 Å². The Kier molecular flexibility index (Phi) is 2.52. The van der Waals surface area contributed by atoms with E-state index in [1.54, 1.807) is 0 Å². The lowest BCUT2D eigenvalue weighted by Gasteiger charge is -2.05. The molecule has 0 spiro atoms. The van der Waals surface area contributed by atoms with Crippen molar-refractivity contribution in [2.75, 3.05) is 5.73 Å². The summed E-state index contributed by atoms with van der Waals surface area (Å²) in [6.07, 6.45) is -0.621. The summed E-state index contributed by atoms with van der Waals surface area (Å²) < 4.78 is 36.3. The molecule has 0 saturated heterocycles. The van der Waals surface area contributed by atoms with Gasteiger partial charge >= 0.3 is 0 Å². The highest BCUT2D eigenvalue weighted by Gasteiger charge is 2.13. The maximum atomic E-state index is 12.1. The highest BCUT2D eigenvalue weighted by Crippen LogP contribution is 2.26. The second-order valence-corrected chi connectivity index (χ2v) is 2.24. The van der Waals surface area contributed by atoms with Crippen LogP contribution in [-0.4, -0.2) is 4.98 Å². The minimum absolute atomic E-state index is 0.00722. The number of halogens is 3. The van der Waals surface area contributed by atoms with Crippen LogP contribution in [0.25, 0.3) is 0 Å². The smallest absolute Gasteiger partial charge is 0.267 e. The Balaban J connectivity index is 3.14. The fourth-order valence-electron chi connectivity index (χ4n) is 0.812. The molecule has 1 rings (SSSR count). The summed E-state index contributed by atoms with van der Waals surface area (Å²) in [5, 5.41) is 0. The van der Waals surface area contributed by atoms with Gasteiger partial charge in [-0.05, 0) is 0 Å². The molecular weight excluding hydrogens is 169 g/mol. The lowest BCUT2D eigenvalue weighted by Crippen LogP contribution is -2.00. The van der Waals surface area contributed by atoms with Gasteiger partial charge in [-0.1, -0.05) is 0 Å². The zero-order valence-corrected chi connectivity index (χ0v) is 6.10. The van der Waals surface area contributed by atoms with E-state index >= 15 is 0 Å². The lowest BCUT2D eigenvalue weighted by atomic mass is 10.1. The van der Waals surface area contributed by atoms with Crippen molar-refractivity contribution in [3.8, 4) is 0 Å². The molecule has 0 fully saturated rings. The number of rotatable bonds is 2. The molecule has 0 aliphatic heterocycles. The SMILES string of the molecule is Nc1c(CF)cncc1C(F)F. The van der Waals surface area contributed by atoms with Gasteiger partial charge in [-0.3, -0.25) is 4.98 Å². The second-order valence-electron chi connectivity index (χ2n) is 2.24. The van der Waals surface area contributed by atoms with Gasteiger partial charge in [-0.25, -0.2) is 13.2 Å². The number of aromatic nitrogens is 1. The summed E-state index contributed by atoms with van der Waals surface area (Å²) in [4.78, 5) is 3.44. The van der Waals surface area contributed by atoms with E-state index in [0.717, 1.165) is 12.4 Å². The van der Waals surface area contributed by atoms with E-state index in [1.807, 2.05) is 0 Å². The fourth-order valence-corrected chi connectivity index (χ4v) is 0.812. The Hall–Kier alpha value is -1.26. The van der Waals surface area contributed by atoms with Gasteiger partial charge in [0.15, 0.2) is 0 Å². The van der Waals surface area contributed by atoms with Crippen LogP contribution in [0, 0.1) is 0 Å². The van der Waals surface area contributed by atoms with Crippen molar-refractivity contribution in [3.05, 3.63) is 23.5 Å². The van der Waals surface area contributed by atoms with Crippen molar-refractivity contribution in [2.45, 2.75) is 13.1 Å². The zero-order chi connectivity index (χ0) is 9.14. The second kappa shape index (κ2) is 3.42. The van der Waals surface area contributed by atoms with Gasteiger partial charge in [0.2, 0.25) is 0 Å². The van der Waals surface area contributed by atoms with Crippen molar-refractivity contribution in [1.82, 2.24) is 4.98 Å². The quantitative estimate of drug-likeness (QED) is 0.749. The third-order valence-electron chi connectivity index (χ3n) is 1.48. The molecule has 1 heterocycles. The average Bonchev–Trinajstić information content (AvgIpc) is 2.04. The number of nitrogens with two attached hydrogens (primary N) is 1. The third kappa shape index (κ3) is 1.49. The predicted molar refractivity (Wildman–Crippen MR) is 38.4 cm³/mol. The van der Waals surface area contributed by atoms with Crippen molar-refractivity contribution >= 4 is 5.69 Å². The van der Waals surface area contributed by atoms with Crippen LogP contribution in [-0.2, 0) is 6.67 Å². The number of anilines is 1. The standard InChI is InChI=1S/C7H7F3N2/c8-1-4-2-12-3-5(6(4)11)7(9)10/h2-3,7H,1H2,(H2,11,12). The van der Waals surface area contributed by atoms with Crippen LogP contribution < -0.4 is 5.73 Å². The van der Waals surface area contributed by atoms with Crippen molar-refractivity contribution in [3.63, 3.8) is 0 Å². The van der Waals surface area contributed by atoms with E-state index in [4.69, 9.17) is 5.73 Å². The van der Waals surface area contributed by atoms with Crippen LogP contribution in [0.15, 0.2) is 12.4 Å². The van der Waals surface area contributed by atoms with E-state index < -0.39 is 18.7 Å². The first kappa shape index (κ1) is 8.83. The lowest BCUT2D eigenvalue weighted by molar-refractivity contribution is 0.151. The molecule has 1 aromatic heterocycles. The summed E-state index contributed by atoms with van der Waals surface area (Å²) in [5.41, 5.74) is 4.62. The van der Waals surface area contributed by atoms with Crippen molar-refractivity contribution < 1.29 is 13.2 Å². The Morgan fingerprint density at radius 2 is 2.08 bits per heavy atom. The van der Waals surface area contributed by atoms with Crippen LogP contribution in [0.1, 0.15) is 17.6 Å². The van der Waals surface area contributed by atoms with Crippen LogP contribution in [0.2, 0.25) is 0 Å². The Morgan fingerprint density at radius 1 is 1.42 bits per heavy atom. The molecule has 0 saturated carbocycles. The van der Waals surface area contributed by atoms with Gasteiger partial charge in [0.1, 0.15) is 6.67 Å². The van der Waals surface area contributed by atoms with Gasteiger partial charge in [0.25, 0.3) is 6.43 Å². The Bertz CT molecular complexity index is 275. The molecule has 0 amide bonds. The molecule has 0 atom stereocenters. The summed E-state index contributed by atoms with van der Waals surface area (Å²) >= 11 is 0. The minimum Gasteiger partial charge on any atom is -0.398 e. The van der Waals surface area contributed by atoms with E-state index in [1.165, 1.54) is 0 Å². The van der Waals surface area contributed by atoms with Crippen molar-refractivity contribution in [2.24, 2.45) is 0 Å². The summed E-state index contributed by atoms with van der Waals surface area (Å²) in [5.74, 6) is 0. The molecule has 2 nitrogen and oxygen atoms in total. The third-order valence-corrected chi connectivity index (χ3v) is 1.48. The molecule has 0 radical (unpaired) electrons. The maximum Gasteiger partial charge on any atom is 0.267 e. The number of nitrogen functional groups attached to an aromatic ring is 1. The molecule has 0 aliphatic rings. The highest BCUT2D eigenvalue weighted by molar-refractivity contribution is 5.52. The van der Waals surface area contributed by atoms with Crippen LogP contribution in [0.5, 0.6) is 0 Å². The first-order valence-electron chi connectivity index (χ1n) is 3.23. The zero-order valence-electron chi connectivity index (χ0n) is 6.10. The molecule has 0 bridgehead atoms. The molecule has 0 unspecified atom stereocenters.